The maximum atomic E-state index is 13.0. The summed E-state index contributed by atoms with van der Waals surface area (Å²) in [6.07, 6.45) is -4.87. The van der Waals surface area contributed by atoms with E-state index in [1.165, 1.54) is 24.1 Å². The second-order valence-corrected chi connectivity index (χ2v) is 6.32. The monoisotopic (exact) mass is 354 g/mol. The van der Waals surface area contributed by atoms with Gasteiger partial charge in [-0.15, -0.1) is 0 Å². The van der Waals surface area contributed by atoms with Crippen molar-refractivity contribution in [3.63, 3.8) is 0 Å². The number of alkyl halides is 3. The van der Waals surface area contributed by atoms with Crippen LogP contribution in [-0.4, -0.2) is 35.9 Å². The third-order valence-corrected chi connectivity index (χ3v) is 4.63. The number of amides is 2. The molecule has 0 spiro atoms. The predicted octanol–water partition coefficient (Wildman–Crippen LogP) is 2.19. The minimum atomic E-state index is -4.56. The molecule has 0 aromatic heterocycles. The van der Waals surface area contributed by atoms with Crippen molar-refractivity contribution in [1.82, 2.24) is 4.90 Å². The maximum absolute atomic E-state index is 13.0. The third kappa shape index (κ3) is 3.06. The van der Waals surface area contributed by atoms with Crippen molar-refractivity contribution in [2.24, 2.45) is 16.1 Å². The molecule has 1 aliphatic heterocycles. The van der Waals surface area contributed by atoms with E-state index in [0.29, 0.717) is 5.56 Å². The van der Waals surface area contributed by atoms with E-state index in [1.807, 2.05) is 0 Å². The van der Waals surface area contributed by atoms with Crippen molar-refractivity contribution in [2.45, 2.75) is 31.5 Å². The summed E-state index contributed by atoms with van der Waals surface area (Å²) in [4.78, 5) is 29.4. The molecule has 1 atom stereocenters. The smallest absolute Gasteiger partial charge is 0.369 e. The number of nitrogens with one attached hydrogen (secondary N) is 1. The van der Waals surface area contributed by atoms with E-state index in [2.05, 4.69) is 10.3 Å². The number of hydrogen-bond donors (Lipinski definition) is 2. The average molecular weight is 354 g/mol. The fourth-order valence-electron chi connectivity index (χ4n) is 2.75. The number of halogens is 3. The molecular formula is C16H17F3N4O2. The lowest BCUT2D eigenvalue weighted by Gasteiger charge is -2.26. The zero-order chi connectivity index (χ0) is 18.4. The van der Waals surface area contributed by atoms with Crippen LogP contribution in [-0.2, 0) is 9.59 Å². The Bertz CT molecular complexity index is 756. The van der Waals surface area contributed by atoms with E-state index in [0.717, 1.165) is 0 Å². The molecule has 25 heavy (non-hydrogen) atoms. The van der Waals surface area contributed by atoms with Crippen LogP contribution in [0.2, 0.25) is 0 Å². The van der Waals surface area contributed by atoms with Crippen LogP contribution >= 0.6 is 0 Å². The standard InChI is InChI=1S/C16H17F3N4O2/c1-23-12(24)8-11(22-14(23)20)9-3-2-4-10(7-9)21-13(25)15(5-6-15)16(17,18)19/h2-4,7,11H,5-6,8H2,1H3,(H2,20,22)(H,21,25). The first-order chi connectivity index (χ1) is 11.6. The Labute approximate surface area is 141 Å². The number of aliphatic imine (C=N–C) groups is 1. The van der Waals surface area contributed by atoms with Crippen molar-refractivity contribution >= 4 is 23.5 Å². The molecule has 0 bridgehead atoms. The normalized spacial score (nSPS) is 22.4. The van der Waals surface area contributed by atoms with Crippen LogP contribution in [0, 0.1) is 5.41 Å². The SMILES string of the molecule is CN1C(=O)CC(c2cccc(NC(=O)C3(C(F)(F)F)CC3)c2)N=C1N. The number of carbonyl (C=O) groups excluding carboxylic acids is 2. The molecule has 3 rings (SSSR count). The van der Waals surface area contributed by atoms with Crippen molar-refractivity contribution in [3.8, 4) is 0 Å². The highest BCUT2D eigenvalue weighted by molar-refractivity contribution is 5.99. The highest BCUT2D eigenvalue weighted by Gasteiger charge is 2.68. The van der Waals surface area contributed by atoms with Crippen molar-refractivity contribution in [1.29, 1.82) is 0 Å². The Balaban J connectivity index is 1.79. The fraction of sp³-hybridized carbons (Fsp3) is 0.438. The zero-order valence-electron chi connectivity index (χ0n) is 13.4. The Morgan fingerprint density at radius 1 is 1.40 bits per heavy atom. The van der Waals surface area contributed by atoms with Crippen molar-refractivity contribution in [3.05, 3.63) is 29.8 Å². The van der Waals surface area contributed by atoms with Crippen LogP contribution < -0.4 is 11.1 Å². The summed E-state index contributed by atoms with van der Waals surface area (Å²) in [5.41, 5.74) is 4.24. The molecule has 6 nitrogen and oxygen atoms in total. The summed E-state index contributed by atoms with van der Waals surface area (Å²) in [5.74, 6) is -1.19. The van der Waals surface area contributed by atoms with Gasteiger partial charge in [-0.2, -0.15) is 13.2 Å². The van der Waals surface area contributed by atoms with Gasteiger partial charge >= 0.3 is 6.18 Å². The first-order valence-corrected chi connectivity index (χ1v) is 7.72. The molecule has 1 saturated carbocycles. The van der Waals surface area contributed by atoms with Crippen LogP contribution in [0.25, 0.3) is 0 Å². The van der Waals surface area contributed by atoms with Gasteiger partial charge in [0, 0.05) is 12.7 Å². The van der Waals surface area contributed by atoms with Gasteiger partial charge in [0.05, 0.1) is 12.5 Å². The molecule has 0 radical (unpaired) electrons. The molecule has 0 saturated heterocycles. The first kappa shape index (κ1) is 17.2. The molecule has 1 unspecified atom stereocenters. The second-order valence-electron chi connectivity index (χ2n) is 6.32. The number of nitrogens with two attached hydrogens (primary N) is 1. The number of guanidine groups is 1. The van der Waals surface area contributed by atoms with E-state index < -0.39 is 23.5 Å². The average Bonchev–Trinajstić information content (AvgIpc) is 3.34. The number of benzene rings is 1. The summed E-state index contributed by atoms with van der Waals surface area (Å²) in [5, 5.41) is 2.33. The third-order valence-electron chi connectivity index (χ3n) is 4.63. The van der Waals surface area contributed by atoms with E-state index in [1.54, 1.807) is 12.1 Å². The molecule has 1 aromatic carbocycles. The van der Waals surface area contributed by atoms with Gasteiger partial charge < -0.3 is 11.1 Å². The molecule has 2 amide bonds. The minimum absolute atomic E-state index is 0.0738. The van der Waals surface area contributed by atoms with Crippen LogP contribution in [0.15, 0.2) is 29.3 Å². The van der Waals surface area contributed by atoms with Crippen LogP contribution in [0.1, 0.15) is 30.9 Å². The topological polar surface area (TPSA) is 87.8 Å². The molecule has 9 heteroatoms. The van der Waals surface area contributed by atoms with Gasteiger partial charge in [-0.1, -0.05) is 12.1 Å². The van der Waals surface area contributed by atoms with Gasteiger partial charge in [0.25, 0.3) is 0 Å². The molecule has 3 N–H and O–H groups in total. The Morgan fingerprint density at radius 2 is 2.08 bits per heavy atom. The highest BCUT2D eigenvalue weighted by atomic mass is 19.4. The van der Waals surface area contributed by atoms with Crippen LogP contribution in [0.5, 0.6) is 0 Å². The molecule has 1 aromatic rings. The number of rotatable bonds is 3. The van der Waals surface area contributed by atoms with Gasteiger partial charge in [-0.3, -0.25) is 14.5 Å². The van der Waals surface area contributed by atoms with E-state index >= 15 is 0 Å². The number of anilines is 1. The second kappa shape index (κ2) is 5.75. The number of carbonyl (C=O) groups is 2. The summed E-state index contributed by atoms with van der Waals surface area (Å²) in [6, 6.07) is 5.76. The Kier molecular flexibility index (Phi) is 3.97. The fourth-order valence-corrected chi connectivity index (χ4v) is 2.75. The van der Waals surface area contributed by atoms with Crippen molar-refractivity contribution in [2.75, 3.05) is 12.4 Å². The Hall–Kier alpha value is -2.58. The summed E-state index contributed by atoms with van der Waals surface area (Å²) in [6.45, 7) is 0. The van der Waals surface area contributed by atoms with E-state index in [4.69, 9.17) is 5.73 Å². The molecular weight excluding hydrogens is 337 g/mol. The van der Waals surface area contributed by atoms with Gasteiger partial charge in [-0.25, -0.2) is 4.99 Å². The molecule has 1 aliphatic carbocycles. The predicted molar refractivity (Wildman–Crippen MR) is 84.5 cm³/mol. The van der Waals surface area contributed by atoms with Gasteiger partial charge in [0.15, 0.2) is 5.96 Å². The highest BCUT2D eigenvalue weighted by Crippen LogP contribution is 2.58. The van der Waals surface area contributed by atoms with Gasteiger partial charge in [0.2, 0.25) is 11.8 Å². The number of nitrogens with zero attached hydrogens (tertiary/aromatic N) is 2. The minimum Gasteiger partial charge on any atom is -0.369 e. The summed E-state index contributed by atoms with van der Waals surface area (Å²) >= 11 is 0. The summed E-state index contributed by atoms with van der Waals surface area (Å²) < 4.78 is 39.0. The zero-order valence-corrected chi connectivity index (χ0v) is 13.4. The number of hydrogen-bond acceptors (Lipinski definition) is 4. The lowest BCUT2D eigenvalue weighted by Crippen LogP contribution is -2.42. The lowest BCUT2D eigenvalue weighted by molar-refractivity contribution is -0.189. The Morgan fingerprint density at radius 3 is 2.64 bits per heavy atom. The largest absolute Gasteiger partial charge is 0.403 e. The van der Waals surface area contributed by atoms with Gasteiger partial charge in [0.1, 0.15) is 5.41 Å². The molecule has 2 aliphatic rings. The molecule has 134 valence electrons. The van der Waals surface area contributed by atoms with E-state index in [9.17, 15) is 22.8 Å². The summed E-state index contributed by atoms with van der Waals surface area (Å²) in [7, 11) is 1.51. The maximum Gasteiger partial charge on any atom is 0.403 e. The van der Waals surface area contributed by atoms with Gasteiger partial charge in [-0.05, 0) is 30.5 Å². The lowest BCUT2D eigenvalue weighted by atomic mass is 10.0. The first-order valence-electron chi connectivity index (χ1n) is 7.72. The molecule has 1 fully saturated rings. The molecule has 1 heterocycles. The van der Waals surface area contributed by atoms with Crippen molar-refractivity contribution < 1.29 is 22.8 Å². The van der Waals surface area contributed by atoms with Crippen LogP contribution in [0.3, 0.4) is 0 Å². The van der Waals surface area contributed by atoms with Crippen LogP contribution in [0.4, 0.5) is 18.9 Å². The quantitative estimate of drug-likeness (QED) is 0.872. The van der Waals surface area contributed by atoms with E-state index in [-0.39, 0.29) is 36.8 Å².